The second kappa shape index (κ2) is 7.53. The number of hydrogen-bond donors (Lipinski definition) is 1. The molecule has 6 heteroatoms. The lowest BCUT2D eigenvalue weighted by Crippen LogP contribution is -2.21. The molecular formula is C13H14ClNO4. The Morgan fingerprint density at radius 2 is 1.79 bits per heavy atom. The van der Waals surface area contributed by atoms with Gasteiger partial charge in [-0.1, -0.05) is 11.6 Å². The number of anilines is 1. The summed E-state index contributed by atoms with van der Waals surface area (Å²) in [6.45, 7) is 1.01. The van der Waals surface area contributed by atoms with Gasteiger partial charge in [0.1, 0.15) is 5.78 Å². The molecule has 0 fully saturated rings. The summed E-state index contributed by atoms with van der Waals surface area (Å²) < 4.78 is 4.72. The van der Waals surface area contributed by atoms with Gasteiger partial charge in [-0.2, -0.15) is 0 Å². The molecule has 0 aromatic heterocycles. The Hall–Kier alpha value is -1.88. The van der Waals surface area contributed by atoms with Gasteiger partial charge >= 0.3 is 5.97 Å². The van der Waals surface area contributed by atoms with Crippen molar-refractivity contribution in [2.75, 3.05) is 11.9 Å². The number of amides is 1. The number of Topliss-reactive ketones (excluding diaryl/α,β-unsaturated/α-hetero) is 1. The van der Waals surface area contributed by atoms with Crippen LogP contribution in [0.1, 0.15) is 19.8 Å². The van der Waals surface area contributed by atoms with Crippen LogP contribution in [0.5, 0.6) is 0 Å². The Kier molecular flexibility index (Phi) is 6.02. The lowest BCUT2D eigenvalue weighted by atomic mass is 10.2. The topological polar surface area (TPSA) is 72.5 Å². The molecule has 0 heterocycles. The zero-order valence-electron chi connectivity index (χ0n) is 10.4. The molecule has 0 saturated carbocycles. The smallest absolute Gasteiger partial charge is 0.306 e. The number of carbonyl (C=O) groups excluding carboxylic acids is 3. The molecule has 102 valence electrons. The van der Waals surface area contributed by atoms with E-state index in [2.05, 4.69) is 5.32 Å². The summed E-state index contributed by atoms with van der Waals surface area (Å²) in [5.41, 5.74) is 0.564. The fourth-order valence-electron chi connectivity index (χ4n) is 1.23. The molecule has 1 rings (SSSR count). The zero-order valence-corrected chi connectivity index (χ0v) is 11.2. The summed E-state index contributed by atoms with van der Waals surface area (Å²) in [6, 6.07) is 6.54. The molecule has 0 saturated heterocycles. The molecule has 0 atom stereocenters. The largest absolute Gasteiger partial charge is 0.456 e. The third-order valence-corrected chi connectivity index (χ3v) is 2.43. The van der Waals surface area contributed by atoms with E-state index in [1.54, 1.807) is 24.3 Å². The minimum absolute atomic E-state index is 0.0104. The van der Waals surface area contributed by atoms with Crippen LogP contribution in [0.25, 0.3) is 0 Å². The van der Waals surface area contributed by atoms with Crippen molar-refractivity contribution in [3.05, 3.63) is 29.3 Å². The summed E-state index contributed by atoms with van der Waals surface area (Å²) in [5, 5.41) is 3.11. The van der Waals surface area contributed by atoms with Gasteiger partial charge in [0.25, 0.3) is 5.91 Å². The number of rotatable bonds is 6. The van der Waals surface area contributed by atoms with Crippen molar-refractivity contribution >= 4 is 34.9 Å². The normalized spacial score (nSPS) is 9.79. The molecule has 0 aliphatic heterocycles. The number of esters is 1. The second-order valence-electron chi connectivity index (χ2n) is 3.92. The van der Waals surface area contributed by atoms with Gasteiger partial charge in [0, 0.05) is 17.1 Å². The summed E-state index contributed by atoms with van der Waals surface area (Å²) in [5.74, 6) is -1.11. The van der Waals surface area contributed by atoms with Crippen molar-refractivity contribution in [1.29, 1.82) is 0 Å². The van der Waals surface area contributed by atoms with Crippen LogP contribution in [0.3, 0.4) is 0 Å². The first-order valence-corrected chi connectivity index (χ1v) is 6.05. The monoisotopic (exact) mass is 283 g/mol. The molecule has 0 radical (unpaired) electrons. The Morgan fingerprint density at radius 3 is 2.37 bits per heavy atom. The highest BCUT2D eigenvalue weighted by atomic mass is 35.5. The number of benzene rings is 1. The first-order valence-electron chi connectivity index (χ1n) is 5.68. The van der Waals surface area contributed by atoms with E-state index >= 15 is 0 Å². The summed E-state index contributed by atoms with van der Waals surface area (Å²) in [6.07, 6.45) is 0.112. The van der Waals surface area contributed by atoms with E-state index in [0.717, 1.165) is 0 Å². The third-order valence-electron chi connectivity index (χ3n) is 2.17. The van der Waals surface area contributed by atoms with Crippen LogP contribution in [0.4, 0.5) is 5.69 Å². The van der Waals surface area contributed by atoms with Crippen LogP contribution in [0, 0.1) is 0 Å². The predicted octanol–water partition coefficient (Wildman–Crippen LogP) is 2.19. The third kappa shape index (κ3) is 6.57. The first kappa shape index (κ1) is 15.2. The van der Waals surface area contributed by atoms with Crippen LogP contribution >= 0.6 is 11.6 Å². The SMILES string of the molecule is CC(=O)CCC(=O)OCC(=O)Nc1ccc(Cl)cc1. The summed E-state index contributed by atoms with van der Waals surface area (Å²) in [4.78, 5) is 33.3. The number of nitrogens with one attached hydrogen (secondary N) is 1. The predicted molar refractivity (Wildman–Crippen MR) is 71.0 cm³/mol. The van der Waals surface area contributed by atoms with Gasteiger partial charge in [-0.05, 0) is 31.2 Å². The standard InChI is InChI=1S/C13H14ClNO4/c1-9(16)2-7-13(18)19-8-12(17)15-11-5-3-10(14)4-6-11/h3-6H,2,7-8H2,1H3,(H,15,17). The Labute approximate surface area is 115 Å². The molecule has 1 aromatic carbocycles. The van der Waals surface area contributed by atoms with Gasteiger partial charge in [-0.3, -0.25) is 9.59 Å². The Morgan fingerprint density at radius 1 is 1.16 bits per heavy atom. The lowest BCUT2D eigenvalue weighted by molar-refractivity contribution is -0.148. The number of hydrogen-bond acceptors (Lipinski definition) is 4. The highest BCUT2D eigenvalue weighted by Crippen LogP contribution is 2.13. The van der Waals surface area contributed by atoms with Crippen LogP contribution in [-0.4, -0.2) is 24.3 Å². The summed E-state index contributed by atoms with van der Waals surface area (Å²) >= 11 is 5.70. The molecule has 0 unspecified atom stereocenters. The molecule has 0 aliphatic carbocycles. The van der Waals surface area contributed by atoms with E-state index in [9.17, 15) is 14.4 Å². The highest BCUT2D eigenvalue weighted by Gasteiger charge is 2.08. The second-order valence-corrected chi connectivity index (χ2v) is 4.35. The van der Waals surface area contributed by atoms with E-state index in [1.165, 1.54) is 6.92 Å². The molecule has 5 nitrogen and oxygen atoms in total. The van der Waals surface area contributed by atoms with Crippen LogP contribution in [0.2, 0.25) is 5.02 Å². The number of carbonyl (C=O) groups is 3. The van der Waals surface area contributed by atoms with Gasteiger partial charge in [-0.15, -0.1) is 0 Å². The molecule has 1 aromatic rings. The lowest BCUT2D eigenvalue weighted by Gasteiger charge is -2.06. The van der Waals surface area contributed by atoms with E-state index < -0.39 is 11.9 Å². The van der Waals surface area contributed by atoms with Gasteiger partial charge < -0.3 is 14.8 Å². The zero-order chi connectivity index (χ0) is 14.3. The maximum atomic E-state index is 11.5. The maximum absolute atomic E-state index is 11.5. The fourth-order valence-corrected chi connectivity index (χ4v) is 1.35. The number of ketones is 1. The van der Waals surface area contributed by atoms with Gasteiger partial charge in [-0.25, -0.2) is 0 Å². The van der Waals surface area contributed by atoms with Gasteiger partial charge in [0.2, 0.25) is 0 Å². The summed E-state index contributed by atoms with van der Waals surface area (Å²) in [7, 11) is 0. The van der Waals surface area contributed by atoms with Crippen molar-refractivity contribution in [1.82, 2.24) is 0 Å². The highest BCUT2D eigenvalue weighted by molar-refractivity contribution is 6.30. The van der Waals surface area contributed by atoms with Gasteiger partial charge in [0.15, 0.2) is 6.61 Å². The van der Waals surface area contributed by atoms with Crippen LogP contribution in [0.15, 0.2) is 24.3 Å². The fraction of sp³-hybridized carbons (Fsp3) is 0.308. The molecule has 19 heavy (non-hydrogen) atoms. The van der Waals surface area contributed by atoms with Gasteiger partial charge in [0.05, 0.1) is 6.42 Å². The number of ether oxygens (including phenoxy) is 1. The van der Waals surface area contributed by atoms with E-state index in [-0.39, 0.29) is 25.2 Å². The Balaban J connectivity index is 2.29. The van der Waals surface area contributed by atoms with E-state index in [0.29, 0.717) is 10.7 Å². The van der Waals surface area contributed by atoms with Crippen molar-refractivity contribution in [2.45, 2.75) is 19.8 Å². The van der Waals surface area contributed by atoms with Crippen molar-refractivity contribution in [3.63, 3.8) is 0 Å². The molecule has 1 amide bonds. The molecule has 0 bridgehead atoms. The molecule has 0 spiro atoms. The first-order chi connectivity index (χ1) is 8.97. The average molecular weight is 284 g/mol. The van der Waals surface area contributed by atoms with Crippen LogP contribution < -0.4 is 5.32 Å². The molecule has 0 aliphatic rings. The minimum Gasteiger partial charge on any atom is -0.456 e. The average Bonchev–Trinajstić information content (AvgIpc) is 2.36. The van der Waals surface area contributed by atoms with Crippen molar-refractivity contribution in [2.24, 2.45) is 0 Å². The minimum atomic E-state index is -0.568. The van der Waals surface area contributed by atoms with Crippen molar-refractivity contribution < 1.29 is 19.1 Å². The van der Waals surface area contributed by atoms with E-state index in [1.807, 2.05) is 0 Å². The van der Waals surface area contributed by atoms with Crippen LogP contribution in [-0.2, 0) is 19.1 Å². The quantitative estimate of drug-likeness (QED) is 0.812. The van der Waals surface area contributed by atoms with E-state index in [4.69, 9.17) is 16.3 Å². The van der Waals surface area contributed by atoms with Crippen molar-refractivity contribution in [3.8, 4) is 0 Å². The maximum Gasteiger partial charge on any atom is 0.306 e. The Bertz CT molecular complexity index is 470. The molecule has 1 N–H and O–H groups in total. The number of halogens is 1. The molecular weight excluding hydrogens is 270 g/mol.